The van der Waals surface area contributed by atoms with E-state index < -0.39 is 12.3 Å². The van der Waals surface area contributed by atoms with E-state index in [0.717, 1.165) is 16.5 Å². The fraction of sp³-hybridized carbons (Fsp3) is 0.333. The van der Waals surface area contributed by atoms with Gasteiger partial charge in [-0.1, -0.05) is 18.2 Å². The van der Waals surface area contributed by atoms with Crippen molar-refractivity contribution in [1.82, 2.24) is 4.98 Å². The molecule has 0 N–H and O–H groups in total. The molecular weight excluding hydrogens is 281 g/mol. The molecule has 1 aromatic carbocycles. The molecule has 0 unspecified atom stereocenters. The molecule has 0 saturated carbocycles. The molecule has 0 radical (unpaired) electrons. The average molecular weight is 297 g/mol. The zero-order chi connectivity index (χ0) is 14.5. The van der Waals surface area contributed by atoms with Gasteiger partial charge in [-0.05, 0) is 25.0 Å². The number of ether oxygens (including phenoxy) is 2. The van der Waals surface area contributed by atoms with Crippen LogP contribution in [0.5, 0.6) is 0 Å². The summed E-state index contributed by atoms with van der Waals surface area (Å²) in [6.45, 7) is 0. The number of aliphatic carboxylic acids is 1. The van der Waals surface area contributed by atoms with Crippen LogP contribution in [-0.2, 0) is 20.7 Å². The number of rotatable bonds is 6. The minimum atomic E-state index is -1.09. The molecule has 0 bridgehead atoms. The Hall–Kier alpha value is -0.980. The van der Waals surface area contributed by atoms with Crippen molar-refractivity contribution < 1.29 is 48.9 Å². The van der Waals surface area contributed by atoms with Crippen molar-refractivity contribution in [1.29, 1.82) is 0 Å². The van der Waals surface area contributed by atoms with Gasteiger partial charge in [-0.3, -0.25) is 4.98 Å². The van der Waals surface area contributed by atoms with Gasteiger partial charge in [-0.25, -0.2) is 0 Å². The summed E-state index contributed by atoms with van der Waals surface area (Å²) in [5.74, 6) is -1.09. The third-order valence-electron chi connectivity index (χ3n) is 3.07. The van der Waals surface area contributed by atoms with Gasteiger partial charge in [-0.2, -0.15) is 0 Å². The molecule has 21 heavy (non-hydrogen) atoms. The molecule has 2 aromatic rings. The Morgan fingerprint density at radius 3 is 2.57 bits per heavy atom. The second-order valence-corrected chi connectivity index (χ2v) is 4.40. The molecule has 0 spiro atoms. The van der Waals surface area contributed by atoms with Crippen LogP contribution in [0, 0.1) is 0 Å². The van der Waals surface area contributed by atoms with Gasteiger partial charge in [0.15, 0.2) is 6.29 Å². The smallest absolute Gasteiger partial charge is 0.550 e. The van der Waals surface area contributed by atoms with Crippen LogP contribution in [0.3, 0.4) is 0 Å². The SMILES string of the molecule is COC(OC)c1cc(CCC(=O)[O-])nc2ccccc12.[Na+]. The fourth-order valence-electron chi connectivity index (χ4n) is 2.16. The number of fused-ring (bicyclic) bond motifs is 1. The third-order valence-corrected chi connectivity index (χ3v) is 3.07. The topological polar surface area (TPSA) is 71.5 Å². The van der Waals surface area contributed by atoms with Crippen molar-refractivity contribution >= 4 is 16.9 Å². The Kier molecular flexibility index (Phi) is 7.28. The van der Waals surface area contributed by atoms with E-state index in [2.05, 4.69) is 4.98 Å². The number of hydrogen-bond acceptors (Lipinski definition) is 5. The Balaban J connectivity index is 0.00000220. The number of hydrogen-bond donors (Lipinski definition) is 0. The Morgan fingerprint density at radius 1 is 1.29 bits per heavy atom. The van der Waals surface area contributed by atoms with E-state index in [9.17, 15) is 9.90 Å². The van der Waals surface area contributed by atoms with E-state index >= 15 is 0 Å². The molecule has 0 fully saturated rings. The van der Waals surface area contributed by atoms with Crippen molar-refractivity contribution in [2.24, 2.45) is 0 Å². The van der Waals surface area contributed by atoms with Crippen LogP contribution >= 0.6 is 0 Å². The molecule has 1 heterocycles. The van der Waals surface area contributed by atoms with Crippen LogP contribution in [0.15, 0.2) is 30.3 Å². The van der Waals surface area contributed by atoms with E-state index in [1.807, 2.05) is 30.3 Å². The number of benzene rings is 1. The van der Waals surface area contributed by atoms with Gasteiger partial charge in [-0.15, -0.1) is 0 Å². The molecule has 0 saturated heterocycles. The Labute approximate surface area is 145 Å². The molecule has 2 rings (SSSR count). The fourth-order valence-corrected chi connectivity index (χ4v) is 2.16. The van der Waals surface area contributed by atoms with Crippen LogP contribution < -0.4 is 34.7 Å². The van der Waals surface area contributed by atoms with Gasteiger partial charge in [0, 0.05) is 36.8 Å². The van der Waals surface area contributed by atoms with Crippen LogP contribution in [0.1, 0.15) is 24.0 Å². The first kappa shape index (κ1) is 18.1. The number of methoxy groups -OCH3 is 2. The van der Waals surface area contributed by atoms with E-state index in [1.165, 1.54) is 0 Å². The molecule has 5 nitrogen and oxygen atoms in total. The zero-order valence-corrected chi connectivity index (χ0v) is 14.5. The number of carboxylic acids is 1. The first-order chi connectivity index (χ1) is 9.65. The summed E-state index contributed by atoms with van der Waals surface area (Å²) < 4.78 is 10.6. The molecule has 1 aromatic heterocycles. The van der Waals surface area contributed by atoms with E-state index in [1.54, 1.807) is 14.2 Å². The molecule has 0 amide bonds. The van der Waals surface area contributed by atoms with Crippen molar-refractivity contribution in [3.63, 3.8) is 0 Å². The van der Waals surface area contributed by atoms with E-state index in [0.29, 0.717) is 12.1 Å². The van der Waals surface area contributed by atoms with Crippen molar-refractivity contribution in [3.8, 4) is 0 Å². The van der Waals surface area contributed by atoms with Gasteiger partial charge in [0.25, 0.3) is 0 Å². The van der Waals surface area contributed by atoms with Crippen molar-refractivity contribution in [2.75, 3.05) is 14.2 Å². The summed E-state index contributed by atoms with van der Waals surface area (Å²) in [6.07, 6.45) is -0.250. The molecule has 6 heteroatoms. The monoisotopic (exact) mass is 297 g/mol. The number of carbonyl (C=O) groups is 1. The second-order valence-electron chi connectivity index (χ2n) is 4.40. The van der Waals surface area contributed by atoms with Crippen LogP contribution in [-0.4, -0.2) is 25.2 Å². The van der Waals surface area contributed by atoms with Gasteiger partial charge in [0.05, 0.1) is 5.52 Å². The molecule has 0 atom stereocenters. The minimum absolute atomic E-state index is 0. The van der Waals surface area contributed by atoms with Crippen LogP contribution in [0.2, 0.25) is 0 Å². The quantitative estimate of drug-likeness (QED) is 0.465. The number of pyridine rings is 1. The summed E-state index contributed by atoms with van der Waals surface area (Å²) in [6, 6.07) is 9.44. The first-order valence-corrected chi connectivity index (χ1v) is 6.29. The largest absolute Gasteiger partial charge is 1.00 e. The average Bonchev–Trinajstić information content (AvgIpc) is 2.46. The number of carbonyl (C=O) groups excluding carboxylic acids is 1. The summed E-state index contributed by atoms with van der Waals surface area (Å²) >= 11 is 0. The predicted molar refractivity (Wildman–Crippen MR) is 71.8 cm³/mol. The van der Waals surface area contributed by atoms with Gasteiger partial charge < -0.3 is 19.4 Å². The third kappa shape index (κ3) is 4.49. The number of aryl methyl sites for hydroxylation is 1. The molecular formula is C15H16NNaO4. The summed E-state index contributed by atoms with van der Waals surface area (Å²) in [5, 5.41) is 11.5. The summed E-state index contributed by atoms with van der Waals surface area (Å²) in [4.78, 5) is 15.0. The maximum absolute atomic E-state index is 10.6. The first-order valence-electron chi connectivity index (χ1n) is 6.29. The maximum Gasteiger partial charge on any atom is 1.00 e. The number of nitrogens with zero attached hydrogens (tertiary/aromatic N) is 1. The van der Waals surface area contributed by atoms with Gasteiger partial charge in [0.2, 0.25) is 0 Å². The minimum Gasteiger partial charge on any atom is -0.550 e. The molecule has 0 aliphatic rings. The molecule has 0 aliphatic heterocycles. The number of carboxylic acid groups (broad SMARTS) is 1. The second kappa shape index (κ2) is 8.46. The van der Waals surface area contributed by atoms with Crippen molar-refractivity contribution in [2.45, 2.75) is 19.1 Å². The predicted octanol–water partition coefficient (Wildman–Crippen LogP) is -1.79. The van der Waals surface area contributed by atoms with Gasteiger partial charge in [0.1, 0.15) is 0 Å². The van der Waals surface area contributed by atoms with Crippen molar-refractivity contribution in [3.05, 3.63) is 41.6 Å². The summed E-state index contributed by atoms with van der Waals surface area (Å²) in [5.41, 5.74) is 2.31. The van der Waals surface area contributed by atoms with Crippen LogP contribution in [0.4, 0.5) is 0 Å². The normalized spacial score (nSPS) is 10.6. The van der Waals surface area contributed by atoms with E-state index in [-0.39, 0.29) is 36.0 Å². The van der Waals surface area contributed by atoms with Gasteiger partial charge >= 0.3 is 29.6 Å². The van der Waals surface area contributed by atoms with E-state index in [4.69, 9.17) is 9.47 Å². The molecule has 0 aliphatic carbocycles. The summed E-state index contributed by atoms with van der Waals surface area (Å²) in [7, 11) is 3.12. The standard InChI is InChI=1S/C15H17NO4.Na/c1-19-15(20-2)12-9-10(7-8-14(17)18)16-13-6-4-3-5-11(12)13;/h3-6,9,15H,7-8H2,1-2H3,(H,17,18);/q;+1/p-1. The molecule has 106 valence electrons. The number of aromatic nitrogens is 1. The van der Waals surface area contributed by atoms with Crippen LogP contribution in [0.25, 0.3) is 10.9 Å². The maximum atomic E-state index is 10.6. The Morgan fingerprint density at radius 2 is 1.95 bits per heavy atom. The Bertz CT molecular complexity index is 614. The zero-order valence-electron chi connectivity index (χ0n) is 12.5. The number of para-hydroxylation sites is 1.